The molecule has 1 saturated heterocycles. The normalized spacial score (nSPS) is 16.1. The van der Waals surface area contributed by atoms with Crippen molar-refractivity contribution >= 4 is 5.69 Å². The topological polar surface area (TPSA) is 28.2 Å². The van der Waals surface area contributed by atoms with E-state index in [4.69, 9.17) is 0 Å². The molecule has 1 unspecified atom stereocenters. The first kappa shape index (κ1) is 14.1. The number of benzene rings is 1. The minimum atomic E-state index is 0.333. The molecule has 1 fully saturated rings. The second-order valence-corrected chi connectivity index (χ2v) is 5.71. The van der Waals surface area contributed by atoms with Gasteiger partial charge in [0.15, 0.2) is 0 Å². The summed E-state index contributed by atoms with van der Waals surface area (Å²) in [5.74, 6) is 0. The number of hydrogen-bond donors (Lipinski definition) is 1. The zero-order valence-corrected chi connectivity index (χ0v) is 12.6. The molecule has 0 saturated carbocycles. The molecule has 3 rings (SSSR count). The van der Waals surface area contributed by atoms with Gasteiger partial charge in [0.05, 0.1) is 0 Å². The smallest absolute Gasteiger partial charge is 0.0411 e. The Kier molecular flexibility index (Phi) is 4.51. The highest BCUT2D eigenvalue weighted by atomic mass is 15.1. The third-order valence-electron chi connectivity index (χ3n) is 4.24. The molecule has 0 spiro atoms. The van der Waals surface area contributed by atoms with Crippen LogP contribution in [0.2, 0.25) is 0 Å². The molecule has 1 N–H and O–H groups in total. The molecule has 1 aromatic heterocycles. The van der Waals surface area contributed by atoms with Gasteiger partial charge in [0, 0.05) is 43.8 Å². The highest BCUT2D eigenvalue weighted by Gasteiger charge is 2.15. The van der Waals surface area contributed by atoms with E-state index in [1.54, 1.807) is 0 Å². The fourth-order valence-corrected chi connectivity index (χ4v) is 2.96. The van der Waals surface area contributed by atoms with Gasteiger partial charge in [0.1, 0.15) is 0 Å². The van der Waals surface area contributed by atoms with E-state index in [1.807, 2.05) is 12.4 Å². The third-order valence-corrected chi connectivity index (χ3v) is 4.24. The molecule has 2 aromatic rings. The van der Waals surface area contributed by atoms with E-state index in [9.17, 15) is 0 Å². The Morgan fingerprint density at radius 1 is 1.10 bits per heavy atom. The largest absolute Gasteiger partial charge is 0.371 e. The van der Waals surface area contributed by atoms with E-state index in [2.05, 4.69) is 58.5 Å². The van der Waals surface area contributed by atoms with Gasteiger partial charge in [-0.15, -0.1) is 0 Å². The standard InChI is InChI=1S/C18H23N3/c1-15(16-8-10-19-11-9-16)20-14-17-6-2-3-7-18(17)21-12-4-5-13-21/h2-3,6-11,15,20H,4-5,12-14H2,1H3. The second kappa shape index (κ2) is 6.72. The zero-order valence-electron chi connectivity index (χ0n) is 12.6. The molecule has 1 aliphatic heterocycles. The number of pyridine rings is 1. The summed E-state index contributed by atoms with van der Waals surface area (Å²) in [5, 5.41) is 3.62. The van der Waals surface area contributed by atoms with Crippen LogP contribution in [0.1, 0.15) is 36.9 Å². The molecule has 0 radical (unpaired) electrons. The molecule has 2 heterocycles. The van der Waals surface area contributed by atoms with Gasteiger partial charge < -0.3 is 10.2 Å². The van der Waals surface area contributed by atoms with Crippen LogP contribution in [0.15, 0.2) is 48.8 Å². The Labute approximate surface area is 127 Å². The number of aromatic nitrogens is 1. The number of anilines is 1. The van der Waals surface area contributed by atoms with Crippen LogP contribution < -0.4 is 10.2 Å². The van der Waals surface area contributed by atoms with Crippen LogP contribution in [0.25, 0.3) is 0 Å². The van der Waals surface area contributed by atoms with Crippen molar-refractivity contribution in [2.75, 3.05) is 18.0 Å². The first-order chi connectivity index (χ1) is 10.3. The SMILES string of the molecule is CC(NCc1ccccc1N1CCCC1)c1ccncc1. The van der Waals surface area contributed by atoms with Gasteiger partial charge >= 0.3 is 0 Å². The van der Waals surface area contributed by atoms with E-state index in [-0.39, 0.29) is 0 Å². The summed E-state index contributed by atoms with van der Waals surface area (Å²) >= 11 is 0. The van der Waals surface area contributed by atoms with Crippen molar-refractivity contribution in [2.24, 2.45) is 0 Å². The monoisotopic (exact) mass is 281 g/mol. The van der Waals surface area contributed by atoms with Crippen molar-refractivity contribution in [3.05, 3.63) is 59.9 Å². The van der Waals surface area contributed by atoms with Crippen LogP contribution in [0.4, 0.5) is 5.69 Å². The van der Waals surface area contributed by atoms with Crippen molar-refractivity contribution in [2.45, 2.75) is 32.4 Å². The Balaban J connectivity index is 1.68. The van der Waals surface area contributed by atoms with Crippen molar-refractivity contribution in [1.82, 2.24) is 10.3 Å². The Morgan fingerprint density at radius 3 is 2.57 bits per heavy atom. The predicted molar refractivity (Wildman–Crippen MR) is 87.4 cm³/mol. The number of hydrogen-bond acceptors (Lipinski definition) is 3. The molecule has 1 aromatic carbocycles. The van der Waals surface area contributed by atoms with Crippen LogP contribution >= 0.6 is 0 Å². The number of para-hydroxylation sites is 1. The lowest BCUT2D eigenvalue weighted by atomic mass is 10.1. The molecule has 0 bridgehead atoms. The van der Waals surface area contributed by atoms with Gasteiger partial charge in [-0.1, -0.05) is 18.2 Å². The zero-order chi connectivity index (χ0) is 14.5. The van der Waals surface area contributed by atoms with Crippen LogP contribution in [0, 0.1) is 0 Å². The van der Waals surface area contributed by atoms with E-state index in [0.717, 1.165) is 6.54 Å². The van der Waals surface area contributed by atoms with Gasteiger partial charge in [0.2, 0.25) is 0 Å². The minimum Gasteiger partial charge on any atom is -0.371 e. The molecule has 1 atom stereocenters. The highest BCUT2D eigenvalue weighted by molar-refractivity contribution is 5.54. The first-order valence-electron chi connectivity index (χ1n) is 7.81. The van der Waals surface area contributed by atoms with Crippen molar-refractivity contribution in [3.8, 4) is 0 Å². The van der Waals surface area contributed by atoms with E-state index in [1.165, 1.54) is 42.7 Å². The number of rotatable bonds is 5. The minimum absolute atomic E-state index is 0.333. The molecular formula is C18H23N3. The first-order valence-corrected chi connectivity index (χ1v) is 7.81. The quantitative estimate of drug-likeness (QED) is 0.908. The van der Waals surface area contributed by atoms with E-state index in [0.29, 0.717) is 6.04 Å². The summed E-state index contributed by atoms with van der Waals surface area (Å²) in [6, 6.07) is 13.2. The summed E-state index contributed by atoms with van der Waals surface area (Å²) in [6.07, 6.45) is 6.34. The molecule has 21 heavy (non-hydrogen) atoms. The van der Waals surface area contributed by atoms with Crippen molar-refractivity contribution in [3.63, 3.8) is 0 Å². The van der Waals surface area contributed by atoms with Crippen LogP contribution in [0.5, 0.6) is 0 Å². The van der Waals surface area contributed by atoms with Gasteiger partial charge in [-0.05, 0) is 49.1 Å². The molecular weight excluding hydrogens is 258 g/mol. The molecule has 0 amide bonds. The molecule has 0 aliphatic carbocycles. The Bertz CT molecular complexity index is 562. The lowest BCUT2D eigenvalue weighted by molar-refractivity contribution is 0.574. The summed E-state index contributed by atoms with van der Waals surface area (Å²) in [7, 11) is 0. The second-order valence-electron chi connectivity index (χ2n) is 5.71. The van der Waals surface area contributed by atoms with Crippen molar-refractivity contribution in [1.29, 1.82) is 0 Å². The molecule has 3 heteroatoms. The highest BCUT2D eigenvalue weighted by Crippen LogP contribution is 2.25. The Hall–Kier alpha value is -1.87. The summed E-state index contributed by atoms with van der Waals surface area (Å²) in [4.78, 5) is 6.59. The maximum absolute atomic E-state index is 4.08. The van der Waals surface area contributed by atoms with Crippen LogP contribution in [-0.4, -0.2) is 18.1 Å². The average molecular weight is 281 g/mol. The third kappa shape index (κ3) is 3.42. The number of nitrogens with zero attached hydrogens (tertiary/aromatic N) is 2. The molecule has 3 nitrogen and oxygen atoms in total. The fourth-order valence-electron chi connectivity index (χ4n) is 2.96. The summed E-state index contributed by atoms with van der Waals surface area (Å²) in [6.45, 7) is 5.48. The van der Waals surface area contributed by atoms with E-state index >= 15 is 0 Å². The maximum Gasteiger partial charge on any atom is 0.0411 e. The molecule has 110 valence electrons. The predicted octanol–water partition coefficient (Wildman–Crippen LogP) is 3.53. The lowest BCUT2D eigenvalue weighted by Gasteiger charge is -2.22. The maximum atomic E-state index is 4.08. The van der Waals surface area contributed by atoms with Crippen LogP contribution in [-0.2, 0) is 6.54 Å². The average Bonchev–Trinajstić information content (AvgIpc) is 3.08. The van der Waals surface area contributed by atoms with Crippen LogP contribution in [0.3, 0.4) is 0 Å². The fraction of sp³-hybridized carbons (Fsp3) is 0.389. The van der Waals surface area contributed by atoms with Crippen molar-refractivity contribution < 1.29 is 0 Å². The Morgan fingerprint density at radius 2 is 1.81 bits per heavy atom. The summed E-state index contributed by atoms with van der Waals surface area (Å²) in [5.41, 5.74) is 4.06. The number of nitrogens with one attached hydrogen (secondary N) is 1. The van der Waals surface area contributed by atoms with Gasteiger partial charge in [0.25, 0.3) is 0 Å². The molecule has 1 aliphatic rings. The lowest BCUT2D eigenvalue weighted by Crippen LogP contribution is -2.23. The summed E-state index contributed by atoms with van der Waals surface area (Å²) < 4.78 is 0. The van der Waals surface area contributed by atoms with E-state index < -0.39 is 0 Å². The van der Waals surface area contributed by atoms with Gasteiger partial charge in [-0.25, -0.2) is 0 Å². The van der Waals surface area contributed by atoms with Gasteiger partial charge in [-0.3, -0.25) is 4.98 Å². The van der Waals surface area contributed by atoms with Gasteiger partial charge in [-0.2, -0.15) is 0 Å².